The van der Waals surface area contributed by atoms with Gasteiger partial charge < -0.3 is 19.3 Å². The average molecular weight is 331 g/mol. The molecule has 23 heavy (non-hydrogen) atoms. The second-order valence-corrected chi connectivity index (χ2v) is 5.29. The molecule has 8 heteroatoms. The maximum absolute atomic E-state index is 11.6. The first-order chi connectivity index (χ1) is 11.3. The average Bonchev–Trinajstić information content (AvgIpc) is 3.24. The van der Waals surface area contributed by atoms with Crippen molar-refractivity contribution in [3.63, 3.8) is 0 Å². The standard InChI is InChI=1S/C15H13N3O4S/c19-15(17-7-8-20-13-5-1-2-6-16-13)21-14-10-11(22-18-14)12-4-3-9-23-12/h1-6,9-10H,7-8H2,(H,17,19). The van der Waals surface area contributed by atoms with E-state index in [1.807, 2.05) is 23.6 Å². The summed E-state index contributed by atoms with van der Waals surface area (Å²) in [6.45, 7) is 0.566. The quantitative estimate of drug-likeness (QED) is 0.699. The van der Waals surface area contributed by atoms with E-state index in [9.17, 15) is 4.79 Å². The minimum absolute atomic E-state index is 0.108. The van der Waals surface area contributed by atoms with E-state index in [0.717, 1.165) is 4.88 Å². The molecule has 3 rings (SSSR count). The van der Waals surface area contributed by atoms with Crippen molar-refractivity contribution in [1.82, 2.24) is 15.5 Å². The number of carbonyl (C=O) groups is 1. The molecule has 0 aliphatic carbocycles. The summed E-state index contributed by atoms with van der Waals surface area (Å²) in [5.41, 5.74) is 0. The van der Waals surface area contributed by atoms with Crippen molar-refractivity contribution in [2.24, 2.45) is 0 Å². The van der Waals surface area contributed by atoms with Gasteiger partial charge in [-0.2, -0.15) is 0 Å². The summed E-state index contributed by atoms with van der Waals surface area (Å²) in [5, 5.41) is 8.17. The number of hydrogen-bond acceptors (Lipinski definition) is 7. The van der Waals surface area contributed by atoms with Gasteiger partial charge in [-0.1, -0.05) is 12.1 Å². The summed E-state index contributed by atoms with van der Waals surface area (Å²) < 4.78 is 15.5. The lowest BCUT2D eigenvalue weighted by molar-refractivity contribution is 0.192. The summed E-state index contributed by atoms with van der Waals surface area (Å²) in [5.74, 6) is 1.16. The summed E-state index contributed by atoms with van der Waals surface area (Å²) >= 11 is 1.51. The number of nitrogens with one attached hydrogen (secondary N) is 1. The van der Waals surface area contributed by atoms with Crippen LogP contribution in [0.15, 0.2) is 52.5 Å². The first-order valence-electron chi connectivity index (χ1n) is 6.81. The summed E-state index contributed by atoms with van der Waals surface area (Å²) in [6.07, 6.45) is 1.01. The van der Waals surface area contributed by atoms with Crippen LogP contribution in [-0.2, 0) is 0 Å². The van der Waals surface area contributed by atoms with Crippen LogP contribution in [0.5, 0.6) is 11.8 Å². The van der Waals surface area contributed by atoms with Gasteiger partial charge >= 0.3 is 6.09 Å². The van der Waals surface area contributed by atoms with E-state index >= 15 is 0 Å². The van der Waals surface area contributed by atoms with E-state index in [4.69, 9.17) is 14.0 Å². The predicted octanol–water partition coefficient (Wildman–Crippen LogP) is 2.97. The van der Waals surface area contributed by atoms with E-state index in [2.05, 4.69) is 15.5 Å². The summed E-state index contributed by atoms with van der Waals surface area (Å²) in [6, 6.07) is 10.7. The third kappa shape index (κ3) is 4.30. The molecule has 0 aromatic carbocycles. The Bertz CT molecular complexity index is 743. The van der Waals surface area contributed by atoms with Gasteiger partial charge in [-0.05, 0) is 22.7 Å². The van der Waals surface area contributed by atoms with Gasteiger partial charge in [0.15, 0.2) is 5.76 Å². The molecule has 0 saturated carbocycles. The Balaban J connectivity index is 1.41. The lowest BCUT2D eigenvalue weighted by Gasteiger charge is -2.05. The Hall–Kier alpha value is -2.87. The van der Waals surface area contributed by atoms with Crippen LogP contribution in [-0.4, -0.2) is 29.4 Å². The number of rotatable bonds is 6. The van der Waals surface area contributed by atoms with Crippen molar-refractivity contribution < 1.29 is 18.8 Å². The van der Waals surface area contributed by atoms with Gasteiger partial charge in [-0.15, -0.1) is 11.3 Å². The Morgan fingerprint density at radius 2 is 2.22 bits per heavy atom. The Kier molecular flexibility index (Phi) is 4.85. The summed E-state index contributed by atoms with van der Waals surface area (Å²) in [4.78, 5) is 16.6. The second-order valence-electron chi connectivity index (χ2n) is 4.34. The minimum Gasteiger partial charge on any atom is -0.476 e. The van der Waals surface area contributed by atoms with Crippen molar-refractivity contribution in [2.45, 2.75) is 0 Å². The van der Waals surface area contributed by atoms with Gasteiger partial charge in [-0.3, -0.25) is 0 Å². The van der Waals surface area contributed by atoms with Gasteiger partial charge in [0.1, 0.15) is 6.61 Å². The molecule has 0 fully saturated rings. The lowest BCUT2D eigenvalue weighted by atomic mass is 10.4. The number of pyridine rings is 1. The molecule has 3 aromatic heterocycles. The van der Waals surface area contributed by atoms with Crippen LogP contribution >= 0.6 is 11.3 Å². The van der Waals surface area contributed by atoms with Crippen LogP contribution in [0.25, 0.3) is 10.6 Å². The van der Waals surface area contributed by atoms with Crippen molar-refractivity contribution in [2.75, 3.05) is 13.2 Å². The first-order valence-corrected chi connectivity index (χ1v) is 7.69. The maximum Gasteiger partial charge on any atom is 0.414 e. The van der Waals surface area contributed by atoms with E-state index in [1.54, 1.807) is 24.4 Å². The molecule has 1 N–H and O–H groups in total. The number of thiophene rings is 1. The molecule has 0 bridgehead atoms. The van der Waals surface area contributed by atoms with Gasteiger partial charge in [0.2, 0.25) is 5.88 Å². The van der Waals surface area contributed by atoms with Crippen LogP contribution in [0.4, 0.5) is 4.79 Å². The largest absolute Gasteiger partial charge is 0.476 e. The van der Waals surface area contributed by atoms with Crippen LogP contribution in [0.1, 0.15) is 0 Å². The highest BCUT2D eigenvalue weighted by atomic mass is 32.1. The molecule has 0 unspecified atom stereocenters. The van der Waals surface area contributed by atoms with Crippen molar-refractivity contribution in [3.8, 4) is 22.4 Å². The molecule has 0 saturated heterocycles. The maximum atomic E-state index is 11.6. The highest BCUT2D eigenvalue weighted by Gasteiger charge is 2.11. The third-order valence-corrected chi connectivity index (χ3v) is 3.59. The van der Waals surface area contributed by atoms with Gasteiger partial charge in [-0.25, -0.2) is 9.78 Å². The third-order valence-electron chi connectivity index (χ3n) is 2.71. The highest BCUT2D eigenvalue weighted by molar-refractivity contribution is 7.13. The Morgan fingerprint density at radius 3 is 3.00 bits per heavy atom. The molecule has 0 spiro atoms. The Labute approximate surface area is 135 Å². The SMILES string of the molecule is O=C(NCCOc1ccccn1)Oc1cc(-c2cccs2)on1. The molecule has 0 atom stereocenters. The number of aromatic nitrogens is 2. The molecule has 3 heterocycles. The molecule has 1 amide bonds. The van der Waals surface area contributed by atoms with Crippen LogP contribution < -0.4 is 14.8 Å². The van der Waals surface area contributed by atoms with E-state index in [-0.39, 0.29) is 19.0 Å². The van der Waals surface area contributed by atoms with Crippen LogP contribution in [0.3, 0.4) is 0 Å². The fraction of sp³-hybridized carbons (Fsp3) is 0.133. The molecule has 0 aliphatic rings. The number of carbonyl (C=O) groups excluding carboxylic acids is 1. The molecule has 0 radical (unpaired) electrons. The second kappa shape index (κ2) is 7.41. The van der Waals surface area contributed by atoms with Crippen LogP contribution in [0.2, 0.25) is 0 Å². The molecule has 0 aliphatic heterocycles. The van der Waals surface area contributed by atoms with E-state index < -0.39 is 6.09 Å². The van der Waals surface area contributed by atoms with Gasteiger partial charge in [0, 0.05) is 12.3 Å². The topological polar surface area (TPSA) is 86.5 Å². The van der Waals surface area contributed by atoms with E-state index in [1.165, 1.54) is 11.3 Å². The first kappa shape index (κ1) is 15.0. The molecular weight excluding hydrogens is 318 g/mol. The lowest BCUT2D eigenvalue weighted by Crippen LogP contribution is -2.30. The zero-order valence-electron chi connectivity index (χ0n) is 12.0. The van der Waals surface area contributed by atoms with Crippen molar-refractivity contribution in [1.29, 1.82) is 0 Å². The number of ether oxygens (including phenoxy) is 2. The summed E-state index contributed by atoms with van der Waals surface area (Å²) in [7, 11) is 0. The van der Waals surface area contributed by atoms with Gasteiger partial charge in [0.05, 0.1) is 17.5 Å². The van der Waals surface area contributed by atoms with E-state index in [0.29, 0.717) is 11.6 Å². The minimum atomic E-state index is -0.624. The van der Waals surface area contributed by atoms with Gasteiger partial charge in [0.25, 0.3) is 5.88 Å². The van der Waals surface area contributed by atoms with Crippen LogP contribution in [0, 0.1) is 0 Å². The number of amides is 1. The highest BCUT2D eigenvalue weighted by Crippen LogP contribution is 2.27. The number of hydrogen-bond donors (Lipinski definition) is 1. The zero-order chi connectivity index (χ0) is 15.9. The fourth-order valence-electron chi connectivity index (χ4n) is 1.71. The zero-order valence-corrected chi connectivity index (χ0v) is 12.8. The smallest absolute Gasteiger partial charge is 0.414 e. The molecule has 7 nitrogen and oxygen atoms in total. The molecule has 118 valence electrons. The van der Waals surface area contributed by atoms with Crippen molar-refractivity contribution in [3.05, 3.63) is 48.0 Å². The predicted molar refractivity (Wildman–Crippen MR) is 83.6 cm³/mol. The Morgan fingerprint density at radius 1 is 1.26 bits per heavy atom. The molecular formula is C15H13N3O4S. The number of nitrogens with zero attached hydrogens (tertiary/aromatic N) is 2. The van der Waals surface area contributed by atoms with Crippen molar-refractivity contribution >= 4 is 17.4 Å². The molecule has 3 aromatic rings. The monoisotopic (exact) mass is 331 g/mol. The normalized spacial score (nSPS) is 10.3. The fourth-order valence-corrected chi connectivity index (χ4v) is 2.39.